The van der Waals surface area contributed by atoms with Gasteiger partial charge in [-0.3, -0.25) is 9.59 Å². The molecule has 2 N–H and O–H groups in total. The van der Waals surface area contributed by atoms with E-state index in [1.165, 1.54) is 7.05 Å². The highest BCUT2D eigenvalue weighted by molar-refractivity contribution is 7.81. The number of benzene rings is 1. The van der Waals surface area contributed by atoms with Crippen LogP contribution in [0.3, 0.4) is 0 Å². The lowest BCUT2D eigenvalue weighted by Gasteiger charge is -2.11. The Morgan fingerprint density at radius 1 is 1.29 bits per heavy atom. The fourth-order valence-corrected chi connectivity index (χ4v) is 1.61. The van der Waals surface area contributed by atoms with Gasteiger partial charge in [0.25, 0.3) is 0 Å². The quantitative estimate of drug-likeness (QED) is 0.664. The molecule has 0 saturated carbocycles. The fraction of sp³-hybridized carbons (Fsp3) is 0.333. The molecule has 0 bridgehead atoms. The van der Waals surface area contributed by atoms with E-state index in [2.05, 4.69) is 23.3 Å². The van der Waals surface area contributed by atoms with Gasteiger partial charge in [-0.25, -0.2) is 0 Å². The topological polar surface area (TPSA) is 58.2 Å². The molecule has 1 aromatic carbocycles. The summed E-state index contributed by atoms with van der Waals surface area (Å²) in [6.45, 7) is -0.0127. The average molecular weight is 252 g/mol. The van der Waals surface area contributed by atoms with Crippen molar-refractivity contribution in [3.05, 3.63) is 35.9 Å². The highest BCUT2D eigenvalue weighted by Gasteiger charge is 2.14. The molecule has 0 saturated heterocycles. The fourth-order valence-electron chi connectivity index (χ4n) is 1.30. The summed E-state index contributed by atoms with van der Waals surface area (Å²) in [4.78, 5) is 22.5. The zero-order valence-corrected chi connectivity index (χ0v) is 10.5. The van der Waals surface area contributed by atoms with E-state index >= 15 is 0 Å². The molecular formula is C12H16N2O2S. The first-order chi connectivity index (χ1) is 8.13. The van der Waals surface area contributed by atoms with E-state index in [0.29, 0.717) is 6.42 Å². The van der Waals surface area contributed by atoms with Crippen LogP contribution in [0.1, 0.15) is 5.56 Å². The number of hydrogen-bond acceptors (Lipinski definition) is 3. The summed E-state index contributed by atoms with van der Waals surface area (Å²) in [5.74, 6) is -0.459. The lowest BCUT2D eigenvalue weighted by molar-refractivity contribution is -0.125. The highest BCUT2D eigenvalue weighted by atomic mass is 32.1. The average Bonchev–Trinajstić information content (AvgIpc) is 2.36. The van der Waals surface area contributed by atoms with E-state index in [1.807, 2.05) is 30.3 Å². The number of carbonyl (C=O) groups excluding carboxylic acids is 2. The Labute approximate surface area is 106 Å². The van der Waals surface area contributed by atoms with Crippen LogP contribution in [0, 0.1) is 0 Å². The summed E-state index contributed by atoms with van der Waals surface area (Å²) in [6, 6.07) is 9.63. The van der Waals surface area contributed by atoms with Gasteiger partial charge in [-0.15, -0.1) is 0 Å². The van der Waals surface area contributed by atoms with Crippen molar-refractivity contribution >= 4 is 24.4 Å². The summed E-state index contributed by atoms with van der Waals surface area (Å²) in [5, 5.41) is 4.51. The Kier molecular flexibility index (Phi) is 5.56. The van der Waals surface area contributed by atoms with Crippen LogP contribution < -0.4 is 10.6 Å². The van der Waals surface area contributed by atoms with Crippen LogP contribution in [-0.2, 0) is 16.0 Å². The maximum Gasteiger partial charge on any atom is 0.239 e. The third-order valence-electron chi connectivity index (χ3n) is 2.28. The van der Waals surface area contributed by atoms with Crippen molar-refractivity contribution in [1.82, 2.24) is 10.6 Å². The van der Waals surface area contributed by atoms with Gasteiger partial charge in [0, 0.05) is 7.05 Å². The number of nitrogens with one attached hydrogen (secondary N) is 2. The normalized spacial score (nSPS) is 11.6. The summed E-state index contributed by atoms with van der Waals surface area (Å²) in [6.07, 6.45) is 0.545. The summed E-state index contributed by atoms with van der Waals surface area (Å²) in [5.41, 5.74) is 1.04. The van der Waals surface area contributed by atoms with Crippen molar-refractivity contribution in [2.75, 3.05) is 13.6 Å². The monoisotopic (exact) mass is 252 g/mol. The van der Waals surface area contributed by atoms with Crippen molar-refractivity contribution in [3.63, 3.8) is 0 Å². The number of amides is 2. The first-order valence-electron chi connectivity index (χ1n) is 5.33. The molecule has 0 radical (unpaired) electrons. The minimum absolute atomic E-state index is 0.0127. The predicted octanol–water partition coefficient (Wildman–Crippen LogP) is 0.390. The summed E-state index contributed by atoms with van der Waals surface area (Å²) < 4.78 is 0. The van der Waals surface area contributed by atoms with Crippen LogP contribution in [0.5, 0.6) is 0 Å². The lowest BCUT2D eigenvalue weighted by atomic mass is 10.1. The molecule has 92 valence electrons. The van der Waals surface area contributed by atoms with Crippen LogP contribution in [0.25, 0.3) is 0 Å². The highest BCUT2D eigenvalue weighted by Crippen LogP contribution is 2.07. The summed E-state index contributed by atoms with van der Waals surface area (Å²) in [7, 11) is 1.52. The van der Waals surface area contributed by atoms with Gasteiger partial charge in [-0.05, 0) is 12.0 Å². The molecule has 2 amide bonds. The van der Waals surface area contributed by atoms with E-state index in [1.54, 1.807) is 0 Å². The van der Waals surface area contributed by atoms with E-state index in [0.717, 1.165) is 5.56 Å². The standard InChI is InChI=1S/C12H16N2O2S/c1-13-11(15)8-14-12(16)10(17)7-9-5-3-2-4-6-9/h2-6,10,17H,7-8H2,1H3,(H,13,15)(H,14,16). The summed E-state index contributed by atoms with van der Waals surface area (Å²) >= 11 is 4.22. The van der Waals surface area contributed by atoms with E-state index in [9.17, 15) is 9.59 Å². The van der Waals surface area contributed by atoms with Crippen LogP contribution in [-0.4, -0.2) is 30.7 Å². The number of carbonyl (C=O) groups is 2. The molecule has 1 atom stereocenters. The van der Waals surface area contributed by atoms with E-state index < -0.39 is 5.25 Å². The molecule has 0 aromatic heterocycles. The molecule has 0 aliphatic rings. The molecule has 0 aliphatic heterocycles. The first-order valence-corrected chi connectivity index (χ1v) is 5.85. The smallest absolute Gasteiger partial charge is 0.239 e. The van der Waals surface area contributed by atoms with Crippen molar-refractivity contribution in [3.8, 4) is 0 Å². The van der Waals surface area contributed by atoms with Crippen LogP contribution >= 0.6 is 12.6 Å². The molecule has 0 aliphatic carbocycles. The second kappa shape index (κ2) is 6.96. The molecule has 0 spiro atoms. The van der Waals surface area contributed by atoms with Crippen LogP contribution in [0.15, 0.2) is 30.3 Å². The van der Waals surface area contributed by atoms with Crippen molar-refractivity contribution in [2.24, 2.45) is 0 Å². The Balaban J connectivity index is 2.40. The molecular weight excluding hydrogens is 236 g/mol. The van der Waals surface area contributed by atoms with Gasteiger partial charge in [0.15, 0.2) is 0 Å². The molecule has 17 heavy (non-hydrogen) atoms. The number of likely N-dealkylation sites (N-methyl/N-ethyl adjacent to an activating group) is 1. The minimum Gasteiger partial charge on any atom is -0.358 e. The predicted molar refractivity (Wildman–Crippen MR) is 70.0 cm³/mol. The Morgan fingerprint density at radius 2 is 1.94 bits per heavy atom. The largest absolute Gasteiger partial charge is 0.358 e. The maximum atomic E-state index is 11.6. The third kappa shape index (κ3) is 4.91. The minimum atomic E-state index is -0.443. The first kappa shape index (κ1) is 13.6. The van der Waals surface area contributed by atoms with Gasteiger partial charge >= 0.3 is 0 Å². The SMILES string of the molecule is CNC(=O)CNC(=O)C(S)Cc1ccccc1. The van der Waals surface area contributed by atoms with Gasteiger partial charge in [-0.1, -0.05) is 30.3 Å². The van der Waals surface area contributed by atoms with E-state index in [-0.39, 0.29) is 18.4 Å². The van der Waals surface area contributed by atoms with Crippen molar-refractivity contribution in [1.29, 1.82) is 0 Å². The Morgan fingerprint density at radius 3 is 2.53 bits per heavy atom. The Bertz CT molecular complexity index is 381. The van der Waals surface area contributed by atoms with Crippen molar-refractivity contribution in [2.45, 2.75) is 11.7 Å². The molecule has 0 heterocycles. The van der Waals surface area contributed by atoms with Crippen molar-refractivity contribution < 1.29 is 9.59 Å². The number of hydrogen-bond donors (Lipinski definition) is 3. The van der Waals surface area contributed by atoms with E-state index in [4.69, 9.17) is 0 Å². The maximum absolute atomic E-state index is 11.6. The van der Waals surface area contributed by atoms with Crippen LogP contribution in [0.4, 0.5) is 0 Å². The lowest BCUT2D eigenvalue weighted by Crippen LogP contribution is -2.39. The second-order valence-electron chi connectivity index (χ2n) is 3.60. The zero-order chi connectivity index (χ0) is 12.7. The molecule has 4 nitrogen and oxygen atoms in total. The second-order valence-corrected chi connectivity index (χ2v) is 4.22. The molecule has 1 unspecified atom stereocenters. The Hall–Kier alpha value is -1.49. The molecule has 5 heteroatoms. The zero-order valence-electron chi connectivity index (χ0n) is 9.64. The third-order valence-corrected chi connectivity index (χ3v) is 2.69. The van der Waals surface area contributed by atoms with Gasteiger partial charge < -0.3 is 10.6 Å². The van der Waals surface area contributed by atoms with Gasteiger partial charge in [0.1, 0.15) is 0 Å². The van der Waals surface area contributed by atoms with Gasteiger partial charge in [0.2, 0.25) is 11.8 Å². The molecule has 0 fully saturated rings. The van der Waals surface area contributed by atoms with Gasteiger partial charge in [-0.2, -0.15) is 12.6 Å². The number of thiol groups is 1. The molecule has 1 rings (SSSR count). The van der Waals surface area contributed by atoms with Crippen LogP contribution in [0.2, 0.25) is 0 Å². The number of rotatable bonds is 5. The molecule has 1 aromatic rings. The van der Waals surface area contributed by atoms with Gasteiger partial charge in [0.05, 0.1) is 11.8 Å².